The highest BCUT2D eigenvalue weighted by Crippen LogP contribution is 2.19. The number of carbonyl (C=O) groups excluding carboxylic acids is 2. The first kappa shape index (κ1) is 31.1. The van der Waals surface area contributed by atoms with E-state index in [1.54, 1.807) is 0 Å². The summed E-state index contributed by atoms with van der Waals surface area (Å²) in [6, 6.07) is 28.3. The van der Waals surface area contributed by atoms with Crippen LogP contribution < -0.4 is 5.32 Å². The maximum Gasteiger partial charge on any atom is 0.308 e. The first-order valence-electron chi connectivity index (χ1n) is 14.4. The summed E-state index contributed by atoms with van der Waals surface area (Å²) < 4.78 is 11.3. The number of unbranched alkanes of at least 4 members (excludes halogenated alkanes) is 4. The van der Waals surface area contributed by atoms with Crippen molar-refractivity contribution >= 4 is 11.9 Å². The van der Waals surface area contributed by atoms with E-state index in [-0.39, 0.29) is 30.9 Å². The van der Waals surface area contributed by atoms with E-state index in [4.69, 9.17) is 9.47 Å². The molecule has 0 aliphatic carbocycles. The summed E-state index contributed by atoms with van der Waals surface area (Å²) in [6.07, 6.45) is 5.66. The largest absolute Gasteiger partial charge is 0.461 e. The molecule has 214 valence electrons. The third-order valence-corrected chi connectivity index (χ3v) is 6.63. The Labute approximate surface area is 239 Å². The van der Waals surface area contributed by atoms with E-state index in [0.717, 1.165) is 44.3 Å². The number of hydrogen-bond donors (Lipinski definition) is 1. The minimum Gasteiger partial charge on any atom is -0.461 e. The molecule has 0 heterocycles. The first-order valence-corrected chi connectivity index (χ1v) is 14.4. The molecule has 0 unspecified atom stereocenters. The Morgan fingerprint density at radius 1 is 0.725 bits per heavy atom. The Morgan fingerprint density at radius 2 is 1.32 bits per heavy atom. The normalized spacial score (nSPS) is 11.8. The van der Waals surface area contributed by atoms with Crippen molar-refractivity contribution in [1.29, 1.82) is 0 Å². The smallest absolute Gasteiger partial charge is 0.308 e. The molecule has 1 amide bonds. The fourth-order valence-corrected chi connectivity index (χ4v) is 4.53. The van der Waals surface area contributed by atoms with Gasteiger partial charge in [-0.1, -0.05) is 104 Å². The molecule has 3 aromatic carbocycles. The molecule has 0 radical (unpaired) electrons. The van der Waals surface area contributed by atoms with Crippen LogP contribution in [0.25, 0.3) is 11.1 Å². The van der Waals surface area contributed by atoms with Gasteiger partial charge in [-0.15, -0.1) is 0 Å². The van der Waals surface area contributed by atoms with Crippen LogP contribution in [0.3, 0.4) is 0 Å². The number of hydrogen-bond acceptors (Lipinski definition) is 5. The van der Waals surface area contributed by atoms with Crippen molar-refractivity contribution in [1.82, 2.24) is 10.2 Å². The van der Waals surface area contributed by atoms with Crippen LogP contribution in [0.4, 0.5) is 0 Å². The molecule has 0 aliphatic rings. The number of ether oxygens (including phenoxy) is 2. The molecule has 0 aromatic heterocycles. The van der Waals surface area contributed by atoms with Gasteiger partial charge in [0.05, 0.1) is 19.1 Å². The molecule has 6 nitrogen and oxygen atoms in total. The number of likely N-dealkylation sites (N-methyl/N-ethyl adjacent to an activating group) is 1. The summed E-state index contributed by atoms with van der Waals surface area (Å²) >= 11 is 0. The highest BCUT2D eigenvalue weighted by atomic mass is 16.5. The molecule has 40 heavy (non-hydrogen) atoms. The average Bonchev–Trinajstić information content (AvgIpc) is 2.96. The molecule has 0 fully saturated rings. The van der Waals surface area contributed by atoms with Crippen LogP contribution in [0.15, 0.2) is 84.9 Å². The van der Waals surface area contributed by atoms with Gasteiger partial charge >= 0.3 is 5.97 Å². The maximum absolute atomic E-state index is 12.5. The van der Waals surface area contributed by atoms with Gasteiger partial charge in [0.25, 0.3) is 0 Å². The van der Waals surface area contributed by atoms with Crippen molar-refractivity contribution in [2.75, 3.05) is 27.2 Å². The summed E-state index contributed by atoms with van der Waals surface area (Å²) in [6.45, 7) is 2.20. The predicted molar refractivity (Wildman–Crippen MR) is 161 cm³/mol. The van der Waals surface area contributed by atoms with Gasteiger partial charge in [-0.2, -0.15) is 0 Å². The fourth-order valence-electron chi connectivity index (χ4n) is 4.53. The Morgan fingerprint density at radius 3 is 2.02 bits per heavy atom. The van der Waals surface area contributed by atoms with E-state index in [2.05, 4.69) is 53.8 Å². The molecular formula is C34H44N2O4. The minimum absolute atomic E-state index is 0.00988. The summed E-state index contributed by atoms with van der Waals surface area (Å²) in [5.41, 5.74) is 4.57. The van der Waals surface area contributed by atoms with Crippen LogP contribution in [-0.2, 0) is 32.3 Å². The average molecular weight is 545 g/mol. The number of benzene rings is 3. The zero-order valence-electron chi connectivity index (χ0n) is 24.0. The van der Waals surface area contributed by atoms with Gasteiger partial charge in [0.2, 0.25) is 5.91 Å². The summed E-state index contributed by atoms with van der Waals surface area (Å²) in [5, 5.41) is 3.02. The monoisotopic (exact) mass is 544 g/mol. The number of nitrogens with zero attached hydrogens (tertiary/aromatic N) is 1. The quantitative estimate of drug-likeness (QED) is 0.148. The molecule has 1 atom stereocenters. The number of carbonyl (C=O) groups is 2. The lowest BCUT2D eigenvalue weighted by molar-refractivity contribution is -0.145. The Kier molecular flexibility index (Phi) is 14.0. The Bertz CT molecular complexity index is 1120. The number of rotatable bonds is 18. The van der Waals surface area contributed by atoms with Crippen molar-refractivity contribution < 1.29 is 19.1 Å². The second kappa shape index (κ2) is 18.0. The third-order valence-electron chi connectivity index (χ3n) is 6.63. The van der Waals surface area contributed by atoms with Crippen LogP contribution in [0.5, 0.6) is 0 Å². The molecule has 6 heteroatoms. The fraction of sp³-hybridized carbons (Fsp3) is 0.412. The van der Waals surface area contributed by atoms with Crippen molar-refractivity contribution in [3.05, 3.63) is 96.1 Å². The molecule has 1 N–H and O–H groups in total. The zero-order valence-corrected chi connectivity index (χ0v) is 24.0. The van der Waals surface area contributed by atoms with E-state index < -0.39 is 0 Å². The van der Waals surface area contributed by atoms with Gasteiger partial charge in [-0.3, -0.25) is 9.59 Å². The van der Waals surface area contributed by atoms with Crippen LogP contribution in [-0.4, -0.2) is 50.1 Å². The third kappa shape index (κ3) is 12.6. The van der Waals surface area contributed by atoms with Crippen LogP contribution >= 0.6 is 0 Å². The van der Waals surface area contributed by atoms with Gasteiger partial charge in [-0.05, 0) is 49.2 Å². The lowest BCUT2D eigenvalue weighted by atomic mass is 10.0. The van der Waals surface area contributed by atoms with Crippen molar-refractivity contribution in [2.24, 2.45) is 0 Å². The molecule has 0 saturated heterocycles. The van der Waals surface area contributed by atoms with Gasteiger partial charge in [0.1, 0.15) is 6.61 Å². The summed E-state index contributed by atoms with van der Waals surface area (Å²) in [4.78, 5) is 26.8. The number of nitrogens with one attached hydrogen (secondary N) is 1. The van der Waals surface area contributed by atoms with E-state index in [9.17, 15) is 9.59 Å². The topological polar surface area (TPSA) is 67.9 Å². The molecule has 3 rings (SSSR count). The summed E-state index contributed by atoms with van der Waals surface area (Å²) in [5.74, 6) is -0.313. The number of esters is 1. The highest BCUT2D eigenvalue weighted by Gasteiger charge is 2.18. The Hall–Kier alpha value is -3.48. The van der Waals surface area contributed by atoms with Gasteiger partial charge < -0.3 is 19.7 Å². The van der Waals surface area contributed by atoms with Crippen molar-refractivity contribution in [2.45, 2.75) is 64.2 Å². The second-order valence-electron chi connectivity index (χ2n) is 10.5. The lowest BCUT2D eigenvalue weighted by Gasteiger charge is -2.22. The van der Waals surface area contributed by atoms with Crippen molar-refractivity contribution in [3.63, 3.8) is 0 Å². The molecule has 3 aromatic rings. The van der Waals surface area contributed by atoms with Gasteiger partial charge in [-0.25, -0.2) is 0 Å². The lowest BCUT2D eigenvalue weighted by Crippen LogP contribution is -2.43. The molecule has 0 aliphatic heterocycles. The van der Waals surface area contributed by atoms with E-state index in [1.165, 1.54) is 16.7 Å². The SMILES string of the molecule is CN(C)C[C@@H](CC(=O)OCc1ccccc1)NC(=O)CCCCCCCOCc1ccc(-c2ccccc2)cc1. The van der Waals surface area contributed by atoms with E-state index in [1.807, 2.05) is 55.4 Å². The Balaban J connectivity index is 1.22. The van der Waals surface area contributed by atoms with Crippen LogP contribution in [0.2, 0.25) is 0 Å². The molecule has 0 saturated carbocycles. The van der Waals surface area contributed by atoms with E-state index in [0.29, 0.717) is 19.6 Å². The summed E-state index contributed by atoms with van der Waals surface area (Å²) in [7, 11) is 3.86. The maximum atomic E-state index is 12.5. The highest BCUT2D eigenvalue weighted by molar-refractivity contribution is 5.77. The van der Waals surface area contributed by atoms with E-state index >= 15 is 0 Å². The number of amides is 1. The minimum atomic E-state index is -0.303. The molecule has 0 spiro atoms. The molecular weight excluding hydrogens is 500 g/mol. The predicted octanol–water partition coefficient (Wildman–Crippen LogP) is 6.39. The van der Waals surface area contributed by atoms with Crippen LogP contribution in [0.1, 0.15) is 56.1 Å². The molecule has 0 bridgehead atoms. The van der Waals surface area contributed by atoms with Gasteiger partial charge in [0.15, 0.2) is 0 Å². The van der Waals surface area contributed by atoms with Crippen molar-refractivity contribution in [3.8, 4) is 11.1 Å². The standard InChI is InChI=1S/C34H44N2O4/c1-36(2)25-32(24-34(38)40-27-28-14-8-6-9-15-28)35-33(37)18-12-4-3-5-13-23-39-26-29-19-21-31(22-20-29)30-16-10-7-11-17-30/h6-11,14-17,19-22,32H,3-5,12-13,18,23-27H2,1-2H3,(H,35,37)/t32-/m1/s1. The van der Waals surface area contributed by atoms with Gasteiger partial charge in [0, 0.05) is 19.6 Å². The van der Waals surface area contributed by atoms with Crippen LogP contribution in [0, 0.1) is 0 Å². The zero-order chi connectivity index (χ0) is 28.4. The second-order valence-corrected chi connectivity index (χ2v) is 10.5. The first-order chi connectivity index (χ1) is 19.5.